The van der Waals surface area contributed by atoms with E-state index in [0.29, 0.717) is 0 Å². The SMILES string of the molecule is CCOC(=O)C(CCS(C)(=O)=O)(NC(C)=O)C(=O)OCC. The molecule has 0 saturated heterocycles. The van der Waals surface area contributed by atoms with E-state index in [9.17, 15) is 22.8 Å². The fourth-order valence-corrected chi connectivity index (χ4v) is 2.28. The monoisotopic (exact) mass is 323 g/mol. The Labute approximate surface area is 124 Å². The molecule has 0 aliphatic heterocycles. The highest BCUT2D eigenvalue weighted by molar-refractivity contribution is 7.90. The molecule has 9 heteroatoms. The molecule has 0 aliphatic carbocycles. The average Bonchev–Trinajstić information content (AvgIpc) is 2.33. The topological polar surface area (TPSA) is 116 Å². The summed E-state index contributed by atoms with van der Waals surface area (Å²) in [6.07, 6.45) is 0.505. The van der Waals surface area contributed by atoms with Crippen LogP contribution in [0.3, 0.4) is 0 Å². The Morgan fingerprint density at radius 1 is 1.05 bits per heavy atom. The second kappa shape index (κ2) is 7.96. The summed E-state index contributed by atoms with van der Waals surface area (Å²) in [6.45, 7) is 4.10. The van der Waals surface area contributed by atoms with Gasteiger partial charge in [0.15, 0.2) is 0 Å². The first-order valence-electron chi connectivity index (χ1n) is 6.40. The summed E-state index contributed by atoms with van der Waals surface area (Å²) in [5.74, 6) is -3.24. The minimum atomic E-state index is -3.46. The van der Waals surface area contributed by atoms with Gasteiger partial charge in [-0.3, -0.25) is 4.79 Å². The van der Waals surface area contributed by atoms with Gasteiger partial charge in [0.05, 0.1) is 19.0 Å². The molecule has 0 spiro atoms. The van der Waals surface area contributed by atoms with Crippen molar-refractivity contribution >= 4 is 27.7 Å². The molecule has 0 unspecified atom stereocenters. The highest BCUT2D eigenvalue weighted by Gasteiger charge is 2.50. The first-order chi connectivity index (χ1) is 9.59. The summed E-state index contributed by atoms with van der Waals surface area (Å²) in [5.41, 5.74) is -2.15. The third-order valence-corrected chi connectivity index (χ3v) is 3.43. The maximum atomic E-state index is 12.1. The number of hydrogen-bond donors (Lipinski definition) is 1. The molecule has 1 amide bonds. The molecule has 0 aromatic carbocycles. The molecule has 0 rings (SSSR count). The van der Waals surface area contributed by atoms with Crippen LogP contribution in [0.5, 0.6) is 0 Å². The molecule has 0 aromatic rings. The largest absolute Gasteiger partial charge is 0.464 e. The fourth-order valence-electron chi connectivity index (χ4n) is 1.60. The molecule has 0 heterocycles. The second-order valence-corrected chi connectivity index (χ2v) is 6.67. The number of esters is 2. The molecule has 0 atom stereocenters. The Morgan fingerprint density at radius 3 is 1.76 bits per heavy atom. The average molecular weight is 323 g/mol. The Hall–Kier alpha value is -1.64. The predicted molar refractivity (Wildman–Crippen MR) is 74.1 cm³/mol. The number of hydrogen-bond acceptors (Lipinski definition) is 7. The van der Waals surface area contributed by atoms with E-state index in [0.717, 1.165) is 13.2 Å². The lowest BCUT2D eigenvalue weighted by Gasteiger charge is -2.29. The predicted octanol–water partition coefficient (Wildman–Crippen LogP) is -0.578. The second-order valence-electron chi connectivity index (χ2n) is 4.41. The summed E-state index contributed by atoms with van der Waals surface area (Å²) in [4.78, 5) is 35.5. The van der Waals surface area contributed by atoms with Crippen molar-refractivity contribution in [3.63, 3.8) is 0 Å². The number of carbonyl (C=O) groups is 3. The van der Waals surface area contributed by atoms with Crippen molar-refractivity contribution in [2.75, 3.05) is 25.2 Å². The van der Waals surface area contributed by atoms with E-state index >= 15 is 0 Å². The Kier molecular flexibility index (Phi) is 7.34. The smallest absolute Gasteiger partial charge is 0.343 e. The van der Waals surface area contributed by atoms with E-state index in [1.54, 1.807) is 0 Å². The van der Waals surface area contributed by atoms with Gasteiger partial charge in [-0.15, -0.1) is 0 Å². The number of nitrogens with one attached hydrogen (secondary N) is 1. The zero-order valence-corrected chi connectivity index (χ0v) is 13.4. The molecular formula is C12H21NO7S. The molecular weight excluding hydrogens is 302 g/mol. The number of sulfone groups is 1. The van der Waals surface area contributed by atoms with Crippen LogP contribution >= 0.6 is 0 Å². The Balaban J connectivity index is 5.64. The van der Waals surface area contributed by atoms with Crippen molar-refractivity contribution in [3.8, 4) is 0 Å². The van der Waals surface area contributed by atoms with Crippen molar-refractivity contribution in [1.82, 2.24) is 5.32 Å². The molecule has 21 heavy (non-hydrogen) atoms. The minimum absolute atomic E-state index is 0.0293. The molecule has 0 fully saturated rings. The third kappa shape index (κ3) is 6.11. The highest BCUT2D eigenvalue weighted by atomic mass is 32.2. The van der Waals surface area contributed by atoms with E-state index in [2.05, 4.69) is 5.32 Å². The number of carbonyl (C=O) groups excluding carboxylic acids is 3. The number of ether oxygens (including phenoxy) is 2. The zero-order valence-electron chi connectivity index (χ0n) is 12.6. The summed E-state index contributed by atoms with van der Waals surface area (Å²) < 4.78 is 32.2. The zero-order chi connectivity index (χ0) is 16.7. The van der Waals surface area contributed by atoms with Crippen molar-refractivity contribution in [1.29, 1.82) is 0 Å². The van der Waals surface area contributed by atoms with E-state index in [4.69, 9.17) is 9.47 Å². The van der Waals surface area contributed by atoms with Gasteiger partial charge in [-0.1, -0.05) is 0 Å². The van der Waals surface area contributed by atoms with Gasteiger partial charge in [-0.2, -0.15) is 0 Å². The molecule has 0 radical (unpaired) electrons. The van der Waals surface area contributed by atoms with E-state index in [1.807, 2.05) is 0 Å². The van der Waals surface area contributed by atoms with E-state index in [1.165, 1.54) is 13.8 Å². The molecule has 0 aromatic heterocycles. The van der Waals surface area contributed by atoms with Gasteiger partial charge >= 0.3 is 11.9 Å². The third-order valence-electron chi connectivity index (χ3n) is 2.49. The summed E-state index contributed by atoms with van der Waals surface area (Å²) in [6, 6.07) is 0. The maximum absolute atomic E-state index is 12.1. The summed E-state index contributed by atoms with van der Waals surface area (Å²) in [5, 5.41) is 2.18. The van der Waals surface area contributed by atoms with Gasteiger partial charge in [0.1, 0.15) is 9.84 Å². The van der Waals surface area contributed by atoms with Gasteiger partial charge in [-0.25, -0.2) is 18.0 Å². The van der Waals surface area contributed by atoms with Crippen LogP contribution in [0.4, 0.5) is 0 Å². The quantitative estimate of drug-likeness (QED) is 0.469. The van der Waals surface area contributed by atoms with Gasteiger partial charge in [0.25, 0.3) is 0 Å². The lowest BCUT2D eigenvalue weighted by Crippen LogP contribution is -2.61. The molecule has 0 bridgehead atoms. The highest BCUT2D eigenvalue weighted by Crippen LogP contribution is 2.17. The van der Waals surface area contributed by atoms with Crippen LogP contribution in [0, 0.1) is 0 Å². The van der Waals surface area contributed by atoms with Gasteiger partial charge in [0.2, 0.25) is 11.4 Å². The van der Waals surface area contributed by atoms with Crippen molar-refractivity contribution in [3.05, 3.63) is 0 Å². The lowest BCUT2D eigenvalue weighted by atomic mass is 9.96. The van der Waals surface area contributed by atoms with Gasteiger partial charge in [0, 0.05) is 19.6 Å². The molecule has 0 aliphatic rings. The van der Waals surface area contributed by atoms with Crippen LogP contribution in [0.2, 0.25) is 0 Å². The first-order valence-corrected chi connectivity index (χ1v) is 8.46. The number of amides is 1. The van der Waals surface area contributed by atoms with Crippen LogP contribution < -0.4 is 5.32 Å². The van der Waals surface area contributed by atoms with Crippen LogP contribution in [-0.4, -0.2) is 57.0 Å². The molecule has 122 valence electrons. The molecule has 8 nitrogen and oxygen atoms in total. The Bertz CT molecular complexity index is 480. The first kappa shape index (κ1) is 19.4. The van der Waals surface area contributed by atoms with Crippen molar-refractivity contribution < 1.29 is 32.3 Å². The normalized spacial score (nSPS) is 11.6. The molecule has 1 N–H and O–H groups in total. The van der Waals surface area contributed by atoms with Crippen molar-refractivity contribution in [2.45, 2.75) is 32.7 Å². The van der Waals surface area contributed by atoms with E-state index in [-0.39, 0.29) is 13.2 Å². The van der Waals surface area contributed by atoms with Crippen LogP contribution in [0.25, 0.3) is 0 Å². The van der Waals surface area contributed by atoms with Crippen LogP contribution in [-0.2, 0) is 33.7 Å². The molecule has 0 saturated carbocycles. The maximum Gasteiger partial charge on any atom is 0.343 e. The van der Waals surface area contributed by atoms with Crippen molar-refractivity contribution in [2.24, 2.45) is 0 Å². The summed E-state index contributed by atoms with van der Waals surface area (Å²) in [7, 11) is -3.46. The van der Waals surface area contributed by atoms with Crippen LogP contribution in [0.15, 0.2) is 0 Å². The van der Waals surface area contributed by atoms with Crippen LogP contribution in [0.1, 0.15) is 27.2 Å². The fraction of sp³-hybridized carbons (Fsp3) is 0.750. The summed E-state index contributed by atoms with van der Waals surface area (Å²) >= 11 is 0. The van der Waals surface area contributed by atoms with Gasteiger partial charge in [-0.05, 0) is 13.8 Å². The Morgan fingerprint density at radius 2 is 1.48 bits per heavy atom. The van der Waals surface area contributed by atoms with Gasteiger partial charge < -0.3 is 14.8 Å². The standard InChI is InChI=1S/C12H21NO7S/c1-5-19-10(15)12(13-9(3)14,11(16)20-6-2)7-8-21(4,17)18/h5-8H2,1-4H3,(H,13,14). The lowest BCUT2D eigenvalue weighted by molar-refractivity contribution is -0.168. The minimum Gasteiger partial charge on any atom is -0.464 e. The van der Waals surface area contributed by atoms with E-state index < -0.39 is 45.4 Å². The number of rotatable bonds is 8.